The van der Waals surface area contributed by atoms with E-state index in [1.807, 2.05) is 17.0 Å². The number of carbonyl (C=O) groups is 1. The standard InChI is InChI=1S/C20H26N4O4/c1-23(13-16(26)14-25)19-5-4-15(11-22-19)20(27)24-9-6-17(7-10-24)28-18-3-2-8-21-12-18/h2-5,8,11-12,16-17,25-26H,6-7,9-10,13-14H2,1H3/t16-/m0/s1. The molecule has 2 aromatic heterocycles. The zero-order valence-corrected chi connectivity index (χ0v) is 15.9. The minimum atomic E-state index is -0.830. The molecular weight excluding hydrogens is 360 g/mol. The van der Waals surface area contributed by atoms with Crippen LogP contribution in [0.5, 0.6) is 5.75 Å². The largest absolute Gasteiger partial charge is 0.489 e. The van der Waals surface area contributed by atoms with E-state index < -0.39 is 6.10 Å². The van der Waals surface area contributed by atoms with E-state index in [9.17, 15) is 9.90 Å². The van der Waals surface area contributed by atoms with Crippen molar-refractivity contribution in [1.82, 2.24) is 14.9 Å². The first-order chi connectivity index (χ1) is 13.6. The molecule has 8 heteroatoms. The molecule has 0 unspecified atom stereocenters. The van der Waals surface area contributed by atoms with Gasteiger partial charge in [0.25, 0.3) is 5.91 Å². The number of piperidine rings is 1. The molecule has 1 atom stereocenters. The molecule has 3 rings (SSSR count). The summed E-state index contributed by atoms with van der Waals surface area (Å²) in [5.41, 5.74) is 0.534. The predicted molar refractivity (Wildman–Crippen MR) is 104 cm³/mol. The highest BCUT2D eigenvalue weighted by molar-refractivity contribution is 5.94. The molecule has 0 aliphatic carbocycles. The number of anilines is 1. The van der Waals surface area contributed by atoms with Crippen LogP contribution in [0.1, 0.15) is 23.2 Å². The minimum Gasteiger partial charge on any atom is -0.489 e. The van der Waals surface area contributed by atoms with E-state index in [0.717, 1.165) is 18.6 Å². The van der Waals surface area contributed by atoms with Crippen molar-refractivity contribution in [1.29, 1.82) is 0 Å². The maximum absolute atomic E-state index is 12.7. The number of aliphatic hydroxyl groups excluding tert-OH is 2. The van der Waals surface area contributed by atoms with Crippen molar-refractivity contribution in [2.75, 3.05) is 38.2 Å². The fraction of sp³-hybridized carbons (Fsp3) is 0.450. The molecule has 0 radical (unpaired) electrons. The van der Waals surface area contributed by atoms with Gasteiger partial charge in [0, 0.05) is 51.9 Å². The van der Waals surface area contributed by atoms with E-state index in [4.69, 9.17) is 9.84 Å². The van der Waals surface area contributed by atoms with Gasteiger partial charge in [0.2, 0.25) is 0 Å². The van der Waals surface area contributed by atoms with E-state index >= 15 is 0 Å². The molecule has 0 spiro atoms. The molecule has 2 aromatic rings. The number of likely N-dealkylation sites (tertiary alicyclic amines) is 1. The van der Waals surface area contributed by atoms with Gasteiger partial charge < -0.3 is 24.7 Å². The number of carbonyl (C=O) groups excluding carboxylic acids is 1. The van der Waals surface area contributed by atoms with Crippen molar-refractivity contribution >= 4 is 11.7 Å². The van der Waals surface area contributed by atoms with Crippen LogP contribution < -0.4 is 9.64 Å². The molecular formula is C20H26N4O4. The lowest BCUT2D eigenvalue weighted by Gasteiger charge is -2.32. The summed E-state index contributed by atoms with van der Waals surface area (Å²) in [4.78, 5) is 24.6. The van der Waals surface area contributed by atoms with Crippen LogP contribution in [-0.4, -0.2) is 76.5 Å². The predicted octanol–water partition coefficient (Wildman–Crippen LogP) is 0.950. The maximum Gasteiger partial charge on any atom is 0.255 e. The number of likely N-dealkylation sites (N-methyl/N-ethyl adjacent to an activating group) is 1. The van der Waals surface area contributed by atoms with Gasteiger partial charge in [-0.3, -0.25) is 9.78 Å². The average Bonchev–Trinajstić information content (AvgIpc) is 2.74. The molecule has 0 saturated carbocycles. The van der Waals surface area contributed by atoms with Crippen LogP contribution in [0.2, 0.25) is 0 Å². The summed E-state index contributed by atoms with van der Waals surface area (Å²) in [6.45, 7) is 1.23. The van der Waals surface area contributed by atoms with Crippen molar-refractivity contribution in [3.8, 4) is 5.75 Å². The monoisotopic (exact) mass is 386 g/mol. The molecule has 1 saturated heterocycles. The van der Waals surface area contributed by atoms with Gasteiger partial charge in [-0.05, 0) is 24.3 Å². The third kappa shape index (κ3) is 5.17. The number of rotatable bonds is 7. The van der Waals surface area contributed by atoms with Crippen molar-refractivity contribution < 1.29 is 19.7 Å². The number of aliphatic hydroxyl groups is 2. The van der Waals surface area contributed by atoms with E-state index in [0.29, 0.717) is 24.5 Å². The van der Waals surface area contributed by atoms with Gasteiger partial charge in [0.05, 0.1) is 24.5 Å². The van der Waals surface area contributed by atoms with Crippen LogP contribution in [0, 0.1) is 0 Å². The highest BCUT2D eigenvalue weighted by atomic mass is 16.5. The number of amides is 1. The molecule has 2 N–H and O–H groups in total. The molecule has 150 valence electrons. The molecule has 28 heavy (non-hydrogen) atoms. The van der Waals surface area contributed by atoms with Gasteiger partial charge in [-0.25, -0.2) is 4.98 Å². The van der Waals surface area contributed by atoms with Crippen LogP contribution in [0.4, 0.5) is 5.82 Å². The van der Waals surface area contributed by atoms with Gasteiger partial charge in [0.15, 0.2) is 0 Å². The normalized spacial score (nSPS) is 15.9. The molecule has 8 nitrogen and oxygen atoms in total. The number of pyridine rings is 2. The van der Waals surface area contributed by atoms with E-state index in [2.05, 4.69) is 9.97 Å². The summed E-state index contributed by atoms with van der Waals surface area (Å²) in [6.07, 6.45) is 5.75. The maximum atomic E-state index is 12.7. The third-order valence-electron chi connectivity index (χ3n) is 4.75. The van der Waals surface area contributed by atoms with Crippen molar-refractivity contribution in [2.45, 2.75) is 25.0 Å². The van der Waals surface area contributed by atoms with Crippen LogP contribution in [0.25, 0.3) is 0 Å². The molecule has 0 bridgehead atoms. The van der Waals surface area contributed by atoms with Crippen LogP contribution in [0.15, 0.2) is 42.9 Å². The Kier molecular flexibility index (Phi) is 6.78. The van der Waals surface area contributed by atoms with Gasteiger partial charge in [-0.1, -0.05) is 0 Å². The Hall–Kier alpha value is -2.71. The Morgan fingerprint density at radius 2 is 2.11 bits per heavy atom. The fourth-order valence-electron chi connectivity index (χ4n) is 3.17. The van der Waals surface area contributed by atoms with Crippen molar-refractivity contribution in [3.05, 3.63) is 48.4 Å². The zero-order valence-electron chi connectivity index (χ0n) is 15.9. The summed E-state index contributed by atoms with van der Waals surface area (Å²) in [6, 6.07) is 7.21. The Balaban J connectivity index is 1.52. The molecule has 1 fully saturated rings. The summed E-state index contributed by atoms with van der Waals surface area (Å²) >= 11 is 0. The molecule has 1 amide bonds. The number of hydrogen-bond donors (Lipinski definition) is 2. The SMILES string of the molecule is CN(C[C@H](O)CO)c1ccc(C(=O)N2CCC(Oc3cccnc3)CC2)cn1. The highest BCUT2D eigenvalue weighted by Gasteiger charge is 2.25. The van der Waals surface area contributed by atoms with Crippen LogP contribution >= 0.6 is 0 Å². The molecule has 1 aliphatic rings. The van der Waals surface area contributed by atoms with E-state index in [1.165, 1.54) is 0 Å². The van der Waals surface area contributed by atoms with Gasteiger partial charge in [-0.15, -0.1) is 0 Å². The van der Waals surface area contributed by atoms with E-state index in [-0.39, 0.29) is 25.2 Å². The van der Waals surface area contributed by atoms with Crippen molar-refractivity contribution in [3.63, 3.8) is 0 Å². The Labute approximate surface area is 164 Å². The number of hydrogen-bond acceptors (Lipinski definition) is 7. The second-order valence-corrected chi connectivity index (χ2v) is 6.92. The minimum absolute atomic E-state index is 0.0445. The number of nitrogens with zero attached hydrogens (tertiary/aromatic N) is 4. The first-order valence-electron chi connectivity index (χ1n) is 9.39. The molecule has 3 heterocycles. The molecule has 1 aliphatic heterocycles. The van der Waals surface area contributed by atoms with Crippen LogP contribution in [-0.2, 0) is 0 Å². The second-order valence-electron chi connectivity index (χ2n) is 6.92. The zero-order chi connectivity index (χ0) is 19.9. The summed E-state index contributed by atoms with van der Waals surface area (Å²) in [5, 5.41) is 18.5. The first-order valence-corrected chi connectivity index (χ1v) is 9.39. The quantitative estimate of drug-likeness (QED) is 0.731. The van der Waals surface area contributed by atoms with Crippen LogP contribution in [0.3, 0.4) is 0 Å². The smallest absolute Gasteiger partial charge is 0.255 e. The summed E-state index contributed by atoms with van der Waals surface area (Å²) < 4.78 is 5.92. The number of ether oxygens (including phenoxy) is 1. The third-order valence-corrected chi connectivity index (χ3v) is 4.75. The average molecular weight is 386 g/mol. The Morgan fingerprint density at radius 1 is 1.32 bits per heavy atom. The summed E-state index contributed by atoms with van der Waals surface area (Å²) in [5.74, 6) is 1.34. The van der Waals surface area contributed by atoms with Gasteiger partial charge in [-0.2, -0.15) is 0 Å². The van der Waals surface area contributed by atoms with Gasteiger partial charge in [0.1, 0.15) is 17.7 Å². The first kappa shape index (κ1) is 20.0. The highest BCUT2D eigenvalue weighted by Crippen LogP contribution is 2.20. The summed E-state index contributed by atoms with van der Waals surface area (Å²) in [7, 11) is 1.77. The molecule has 0 aromatic carbocycles. The Bertz CT molecular complexity index is 749. The number of aromatic nitrogens is 2. The fourth-order valence-corrected chi connectivity index (χ4v) is 3.17. The van der Waals surface area contributed by atoms with Crippen molar-refractivity contribution in [2.24, 2.45) is 0 Å². The topological polar surface area (TPSA) is 99.0 Å². The van der Waals surface area contributed by atoms with E-state index in [1.54, 1.807) is 42.7 Å². The Morgan fingerprint density at radius 3 is 2.71 bits per heavy atom. The lowest BCUT2D eigenvalue weighted by molar-refractivity contribution is 0.0594. The lowest BCUT2D eigenvalue weighted by Crippen LogP contribution is -2.41. The van der Waals surface area contributed by atoms with Gasteiger partial charge >= 0.3 is 0 Å². The second kappa shape index (κ2) is 9.48. The lowest BCUT2D eigenvalue weighted by atomic mass is 10.1.